The quantitative estimate of drug-likeness (QED) is 0.496. The smallest absolute Gasteiger partial charge is 0.347 e. The van der Waals surface area contributed by atoms with Gasteiger partial charge in [0.15, 0.2) is 12.3 Å². The summed E-state index contributed by atoms with van der Waals surface area (Å²) in [5, 5.41) is 23.2. The van der Waals surface area contributed by atoms with Crippen LogP contribution in [0.15, 0.2) is 44.9 Å². The third-order valence-electron chi connectivity index (χ3n) is 4.02. The first kappa shape index (κ1) is 19.4. The molecule has 0 aliphatic carbocycles. The predicted octanol–water partition coefficient (Wildman–Crippen LogP) is -1.74. The van der Waals surface area contributed by atoms with Crippen molar-refractivity contribution in [2.75, 3.05) is 6.61 Å². The lowest BCUT2D eigenvalue weighted by Gasteiger charge is -2.20. The average molecular weight is 399 g/mol. The van der Waals surface area contributed by atoms with Gasteiger partial charge in [0.25, 0.3) is 15.7 Å². The van der Waals surface area contributed by atoms with Crippen molar-refractivity contribution in [1.82, 2.24) is 14.8 Å². The third kappa shape index (κ3) is 3.84. The van der Waals surface area contributed by atoms with Crippen molar-refractivity contribution >= 4 is 10.1 Å². The van der Waals surface area contributed by atoms with Crippen LogP contribution < -0.4 is 11.2 Å². The van der Waals surface area contributed by atoms with Gasteiger partial charge in [-0.25, -0.2) is 4.79 Å². The van der Waals surface area contributed by atoms with Crippen LogP contribution in [0, 0.1) is 6.92 Å². The van der Waals surface area contributed by atoms with E-state index in [0.29, 0.717) is 4.68 Å². The second-order valence-electron chi connectivity index (χ2n) is 5.95. The molecule has 0 unspecified atom stereocenters. The summed E-state index contributed by atoms with van der Waals surface area (Å²) in [7, 11) is -4.32. The molecule has 0 spiro atoms. The topological polar surface area (TPSA) is 161 Å². The van der Waals surface area contributed by atoms with Crippen LogP contribution in [0.4, 0.5) is 0 Å². The largest absolute Gasteiger partial charge is 0.394 e. The van der Waals surface area contributed by atoms with E-state index in [1.807, 2.05) is 4.98 Å². The van der Waals surface area contributed by atoms with E-state index in [2.05, 4.69) is 5.10 Å². The van der Waals surface area contributed by atoms with E-state index >= 15 is 0 Å². The number of ether oxygens (including phenoxy) is 1. The molecular formula is C15H17N3O8S. The Balaban J connectivity index is 1.98. The van der Waals surface area contributed by atoms with E-state index in [1.165, 1.54) is 12.1 Å². The Morgan fingerprint density at radius 3 is 2.56 bits per heavy atom. The van der Waals surface area contributed by atoms with Crippen molar-refractivity contribution in [3.05, 3.63) is 56.9 Å². The zero-order valence-electron chi connectivity index (χ0n) is 14.0. The van der Waals surface area contributed by atoms with Crippen LogP contribution in [0.1, 0.15) is 11.8 Å². The maximum absolute atomic E-state index is 12.5. The molecular weight excluding hydrogens is 382 g/mol. The first-order valence-electron chi connectivity index (χ1n) is 7.85. The molecule has 0 radical (unpaired) electrons. The fourth-order valence-electron chi connectivity index (χ4n) is 2.62. The van der Waals surface area contributed by atoms with Crippen LogP contribution in [0.25, 0.3) is 0 Å². The highest BCUT2D eigenvalue weighted by atomic mass is 32.2. The number of aliphatic hydroxyl groups is 2. The highest BCUT2D eigenvalue weighted by molar-refractivity contribution is 7.86. The number of rotatable bonds is 5. The minimum Gasteiger partial charge on any atom is -0.394 e. The molecule has 12 heteroatoms. The van der Waals surface area contributed by atoms with E-state index in [0.717, 1.165) is 11.8 Å². The summed E-state index contributed by atoms with van der Waals surface area (Å²) in [4.78, 5) is 24.9. The Morgan fingerprint density at radius 1 is 1.30 bits per heavy atom. The molecule has 1 aromatic heterocycles. The Hall–Kier alpha value is -2.38. The number of hydrogen-bond acceptors (Lipinski definition) is 9. The third-order valence-corrected chi connectivity index (χ3v) is 5.34. The van der Waals surface area contributed by atoms with Gasteiger partial charge >= 0.3 is 5.69 Å². The molecule has 11 nitrogen and oxygen atoms in total. The van der Waals surface area contributed by atoms with E-state index in [-0.39, 0.29) is 4.90 Å². The summed E-state index contributed by atoms with van der Waals surface area (Å²) in [6.07, 6.45) is -5.06. The lowest BCUT2D eigenvalue weighted by molar-refractivity contribution is -0.0582. The van der Waals surface area contributed by atoms with Crippen molar-refractivity contribution in [3.63, 3.8) is 0 Å². The standard InChI is InChI=1S/C15H17N3O8S/c1-8-2-4-9(5-3-8)27(23,24)26-13-12(21)10(7-19)25-14(13)18-15(22)17-11(20)6-16-18/h2-6,10,12-14,19,21H,7H2,1H3,(H,17,20,22)/t10-,12-,13-,14-/m1/s1. The maximum atomic E-state index is 12.5. The van der Waals surface area contributed by atoms with Crippen LogP contribution in [-0.4, -0.2) is 58.3 Å². The first-order chi connectivity index (χ1) is 12.7. The van der Waals surface area contributed by atoms with Crippen LogP contribution in [0.5, 0.6) is 0 Å². The summed E-state index contributed by atoms with van der Waals surface area (Å²) in [5.41, 5.74) is -0.918. The Labute approximate surface area is 152 Å². The minimum atomic E-state index is -4.32. The van der Waals surface area contributed by atoms with Crippen LogP contribution in [-0.2, 0) is 19.0 Å². The molecule has 1 aliphatic rings. The molecule has 2 heterocycles. The van der Waals surface area contributed by atoms with Gasteiger partial charge in [0.2, 0.25) is 0 Å². The fourth-order valence-corrected chi connectivity index (χ4v) is 3.70. The zero-order chi connectivity index (χ0) is 19.8. The van der Waals surface area contributed by atoms with Crippen molar-refractivity contribution in [2.45, 2.75) is 36.4 Å². The summed E-state index contributed by atoms with van der Waals surface area (Å²) < 4.78 is 36.2. The molecule has 1 aromatic carbocycles. The van der Waals surface area contributed by atoms with E-state index in [9.17, 15) is 28.2 Å². The van der Waals surface area contributed by atoms with Crippen molar-refractivity contribution in [3.8, 4) is 0 Å². The first-order valence-corrected chi connectivity index (χ1v) is 9.26. The molecule has 1 saturated heterocycles. The number of aliphatic hydroxyl groups excluding tert-OH is 2. The molecule has 4 atom stereocenters. The lowest BCUT2D eigenvalue weighted by atomic mass is 10.1. The number of aryl methyl sites for hydroxylation is 1. The molecule has 1 fully saturated rings. The van der Waals surface area contributed by atoms with Crippen LogP contribution >= 0.6 is 0 Å². The van der Waals surface area contributed by atoms with Gasteiger partial charge in [0, 0.05) is 0 Å². The van der Waals surface area contributed by atoms with Gasteiger partial charge in [-0.2, -0.15) is 18.2 Å². The number of H-pyrrole nitrogens is 1. The molecule has 2 aromatic rings. The average Bonchev–Trinajstić information content (AvgIpc) is 2.91. The van der Waals surface area contributed by atoms with Gasteiger partial charge in [0.05, 0.1) is 11.5 Å². The SMILES string of the molecule is Cc1ccc(S(=O)(=O)O[C@@H]2[C@H](O)[C@@H](CO)O[C@H]2n2ncc(=O)[nH]c2=O)cc1. The molecule has 27 heavy (non-hydrogen) atoms. The lowest BCUT2D eigenvalue weighted by Crippen LogP contribution is -2.41. The predicted molar refractivity (Wildman–Crippen MR) is 89.4 cm³/mol. The fraction of sp³-hybridized carbons (Fsp3) is 0.400. The van der Waals surface area contributed by atoms with Crippen molar-refractivity contribution in [1.29, 1.82) is 0 Å². The number of aromatic nitrogens is 3. The van der Waals surface area contributed by atoms with Crippen molar-refractivity contribution in [2.24, 2.45) is 0 Å². The molecule has 0 amide bonds. The maximum Gasteiger partial charge on any atom is 0.347 e. The molecule has 3 rings (SSSR count). The Morgan fingerprint density at radius 2 is 1.96 bits per heavy atom. The molecule has 146 valence electrons. The van der Waals surface area contributed by atoms with E-state index < -0.39 is 52.5 Å². The zero-order valence-corrected chi connectivity index (χ0v) is 14.9. The molecule has 0 saturated carbocycles. The number of nitrogens with zero attached hydrogens (tertiary/aromatic N) is 2. The molecule has 1 aliphatic heterocycles. The summed E-state index contributed by atoms with van der Waals surface area (Å²) in [6.45, 7) is 1.13. The van der Waals surface area contributed by atoms with Gasteiger partial charge in [0.1, 0.15) is 18.4 Å². The van der Waals surface area contributed by atoms with E-state index in [1.54, 1.807) is 19.1 Å². The minimum absolute atomic E-state index is 0.159. The highest BCUT2D eigenvalue weighted by Gasteiger charge is 2.48. The number of nitrogens with one attached hydrogen (secondary N) is 1. The van der Waals surface area contributed by atoms with Gasteiger partial charge in [-0.3, -0.25) is 14.0 Å². The Kier molecular flexibility index (Phi) is 5.26. The van der Waals surface area contributed by atoms with Crippen LogP contribution in [0.2, 0.25) is 0 Å². The summed E-state index contributed by atoms with van der Waals surface area (Å²) in [5.74, 6) is 0. The number of aromatic amines is 1. The Bertz CT molecular complexity index is 1030. The van der Waals surface area contributed by atoms with Gasteiger partial charge in [-0.1, -0.05) is 17.7 Å². The van der Waals surface area contributed by atoms with Crippen molar-refractivity contribution < 1.29 is 27.6 Å². The summed E-state index contributed by atoms with van der Waals surface area (Å²) in [6, 6.07) is 5.80. The van der Waals surface area contributed by atoms with Gasteiger partial charge in [-0.05, 0) is 19.1 Å². The summed E-state index contributed by atoms with van der Waals surface area (Å²) >= 11 is 0. The molecule has 0 bridgehead atoms. The second kappa shape index (κ2) is 7.32. The molecule has 3 N–H and O–H groups in total. The van der Waals surface area contributed by atoms with Gasteiger partial charge < -0.3 is 14.9 Å². The second-order valence-corrected chi connectivity index (χ2v) is 7.52. The normalized spacial score (nSPS) is 25.6. The van der Waals surface area contributed by atoms with E-state index in [4.69, 9.17) is 8.92 Å². The van der Waals surface area contributed by atoms with Gasteiger partial charge in [-0.15, -0.1) is 0 Å². The van der Waals surface area contributed by atoms with Crippen LogP contribution in [0.3, 0.4) is 0 Å². The monoisotopic (exact) mass is 399 g/mol. The number of hydrogen-bond donors (Lipinski definition) is 3. The highest BCUT2D eigenvalue weighted by Crippen LogP contribution is 2.32. The number of benzene rings is 1.